The first-order valence-corrected chi connectivity index (χ1v) is 14.5. The molecule has 0 spiro atoms. The molecule has 2 N–H and O–H groups in total. The Labute approximate surface area is 259 Å². The molecule has 1 atom stereocenters. The van der Waals surface area contributed by atoms with E-state index in [0.717, 1.165) is 24.1 Å². The number of fused-ring (bicyclic) bond motifs is 1. The largest absolute Gasteiger partial charge is 0.493 e. The second-order valence-corrected chi connectivity index (χ2v) is 11.5. The Balaban J connectivity index is 1.51. The molecular formula is C30H31Cl3N6O3. The molecule has 1 aliphatic rings. The molecule has 0 saturated carbocycles. The van der Waals surface area contributed by atoms with E-state index in [4.69, 9.17) is 50.0 Å². The number of amides is 1. The topological polar surface area (TPSA) is 98.2 Å². The van der Waals surface area contributed by atoms with Crippen molar-refractivity contribution in [2.45, 2.75) is 18.8 Å². The maximum absolute atomic E-state index is 13.0. The molecule has 1 amide bonds. The Bertz CT molecular complexity index is 1660. The highest BCUT2D eigenvalue weighted by atomic mass is 35.5. The summed E-state index contributed by atoms with van der Waals surface area (Å²) in [6, 6.07) is 10.5. The highest BCUT2D eigenvalue weighted by Gasteiger charge is 2.31. The fraction of sp³-hybridized carbons (Fsp3) is 0.300. The molecule has 9 nitrogen and oxygen atoms in total. The molecule has 2 aromatic carbocycles. The zero-order valence-corrected chi connectivity index (χ0v) is 25.7. The Morgan fingerprint density at radius 2 is 1.95 bits per heavy atom. The van der Waals surface area contributed by atoms with E-state index >= 15 is 0 Å². The lowest BCUT2D eigenvalue weighted by molar-refractivity contribution is -0.127. The lowest BCUT2D eigenvalue weighted by atomic mass is 9.93. The van der Waals surface area contributed by atoms with Gasteiger partial charge in [0.05, 0.1) is 27.9 Å². The van der Waals surface area contributed by atoms with Gasteiger partial charge in [0.15, 0.2) is 17.3 Å². The van der Waals surface area contributed by atoms with Crippen LogP contribution in [0, 0.1) is 0 Å². The van der Waals surface area contributed by atoms with Crippen molar-refractivity contribution in [2.24, 2.45) is 0 Å². The van der Waals surface area contributed by atoms with Gasteiger partial charge in [-0.3, -0.25) is 4.79 Å². The van der Waals surface area contributed by atoms with Crippen molar-refractivity contribution in [1.29, 1.82) is 0 Å². The van der Waals surface area contributed by atoms with E-state index in [0.29, 0.717) is 68.8 Å². The fourth-order valence-corrected chi connectivity index (χ4v) is 5.89. The summed E-state index contributed by atoms with van der Waals surface area (Å²) in [6.07, 6.45) is 6.61. The lowest BCUT2D eigenvalue weighted by Gasteiger charge is -2.32. The van der Waals surface area contributed by atoms with Crippen molar-refractivity contribution < 1.29 is 14.3 Å². The Hall–Kier alpha value is -3.50. The number of rotatable bonds is 8. The molecule has 1 saturated heterocycles. The highest BCUT2D eigenvalue weighted by Crippen LogP contribution is 2.45. The van der Waals surface area contributed by atoms with Gasteiger partial charge in [0.2, 0.25) is 5.91 Å². The SMILES string of the molecule is COc1cc(-c2c(Cl)c(C3CCCN(C(=O)C=CCN(C)C)C3)n3ncnc(N)c23)ccc1Oc1ccc(Cl)c(Cl)c1. The summed E-state index contributed by atoms with van der Waals surface area (Å²) in [5.74, 6) is 1.69. The number of nitrogen functional groups attached to an aromatic ring is 1. The number of likely N-dealkylation sites (N-methyl/N-ethyl adjacent to an activating group) is 1. The minimum Gasteiger partial charge on any atom is -0.493 e. The van der Waals surface area contributed by atoms with Gasteiger partial charge in [0, 0.05) is 43.3 Å². The van der Waals surface area contributed by atoms with E-state index in [1.54, 1.807) is 42.0 Å². The van der Waals surface area contributed by atoms with Gasteiger partial charge in [0.1, 0.15) is 17.6 Å². The van der Waals surface area contributed by atoms with Crippen molar-refractivity contribution in [1.82, 2.24) is 24.4 Å². The normalized spacial score (nSPS) is 15.6. The van der Waals surface area contributed by atoms with Gasteiger partial charge >= 0.3 is 0 Å². The lowest BCUT2D eigenvalue weighted by Crippen LogP contribution is -2.38. The number of methoxy groups -OCH3 is 1. The number of ether oxygens (including phenoxy) is 2. The zero-order valence-electron chi connectivity index (χ0n) is 23.5. The van der Waals surface area contributed by atoms with Crippen LogP contribution in [0.4, 0.5) is 5.82 Å². The third-order valence-corrected chi connectivity index (χ3v) is 8.27. The number of carbonyl (C=O) groups is 1. The maximum Gasteiger partial charge on any atom is 0.246 e. The number of nitrogens with zero attached hydrogens (tertiary/aromatic N) is 5. The van der Waals surface area contributed by atoms with E-state index in [-0.39, 0.29) is 11.8 Å². The number of anilines is 1. The third-order valence-electron chi connectivity index (χ3n) is 7.15. The predicted molar refractivity (Wildman–Crippen MR) is 167 cm³/mol. The standard InChI is InChI=1S/C30H31Cl3N6O3/c1-37(2)12-5-7-25(40)38-13-4-6-19(16-38)28-27(33)26(29-30(34)35-17-36-39(28)29)18-8-11-23(24(14-18)41-3)42-20-9-10-21(31)22(32)15-20/h5,7-11,14-15,17,19H,4,6,12-13,16H2,1-3H3,(H2,34,35,36). The van der Waals surface area contributed by atoms with Crippen molar-refractivity contribution in [3.63, 3.8) is 0 Å². The Kier molecular flexibility index (Phi) is 9.13. The first-order valence-electron chi connectivity index (χ1n) is 13.4. The van der Waals surface area contributed by atoms with Crippen LogP contribution in [-0.2, 0) is 4.79 Å². The van der Waals surface area contributed by atoms with Crippen LogP contribution in [0.5, 0.6) is 17.2 Å². The third kappa shape index (κ3) is 6.15. The van der Waals surface area contributed by atoms with Crippen LogP contribution in [0.15, 0.2) is 54.9 Å². The number of nitrogens with two attached hydrogens (primary N) is 1. The Morgan fingerprint density at radius 1 is 1.14 bits per heavy atom. The molecule has 12 heteroatoms. The van der Waals surface area contributed by atoms with Gasteiger partial charge in [0.25, 0.3) is 0 Å². The molecule has 0 bridgehead atoms. The zero-order chi connectivity index (χ0) is 30.0. The van der Waals surface area contributed by atoms with Gasteiger partial charge in [-0.15, -0.1) is 0 Å². The van der Waals surface area contributed by atoms with Gasteiger partial charge in [-0.2, -0.15) is 5.10 Å². The second-order valence-electron chi connectivity index (χ2n) is 10.3. The highest BCUT2D eigenvalue weighted by molar-refractivity contribution is 6.42. The van der Waals surface area contributed by atoms with Crippen molar-refractivity contribution in [3.05, 3.63) is 75.6 Å². The van der Waals surface area contributed by atoms with E-state index in [9.17, 15) is 4.79 Å². The molecular weight excluding hydrogens is 599 g/mol. The summed E-state index contributed by atoms with van der Waals surface area (Å²) in [5, 5.41) is 5.85. The molecule has 42 heavy (non-hydrogen) atoms. The van der Waals surface area contributed by atoms with Gasteiger partial charge < -0.3 is 25.0 Å². The maximum atomic E-state index is 13.0. The summed E-state index contributed by atoms with van der Waals surface area (Å²) in [5.41, 5.74) is 9.21. The van der Waals surface area contributed by atoms with Crippen molar-refractivity contribution in [3.8, 4) is 28.4 Å². The van der Waals surface area contributed by atoms with Crippen molar-refractivity contribution >= 4 is 52.0 Å². The van der Waals surface area contributed by atoms with Crippen LogP contribution in [0.25, 0.3) is 16.6 Å². The van der Waals surface area contributed by atoms with E-state index in [2.05, 4.69) is 10.1 Å². The van der Waals surface area contributed by atoms with Gasteiger partial charge in [-0.1, -0.05) is 46.9 Å². The summed E-state index contributed by atoms with van der Waals surface area (Å²) in [7, 11) is 5.48. The van der Waals surface area contributed by atoms with Crippen LogP contribution >= 0.6 is 34.8 Å². The number of piperidine rings is 1. The monoisotopic (exact) mass is 628 g/mol. The molecule has 220 valence electrons. The summed E-state index contributed by atoms with van der Waals surface area (Å²) < 4.78 is 13.5. The average molecular weight is 630 g/mol. The minimum absolute atomic E-state index is 0.0183. The average Bonchev–Trinajstić information content (AvgIpc) is 3.28. The smallest absolute Gasteiger partial charge is 0.246 e. The van der Waals surface area contributed by atoms with Crippen LogP contribution in [0.2, 0.25) is 15.1 Å². The number of hydrogen-bond acceptors (Lipinski definition) is 7. The molecule has 3 heterocycles. The second kappa shape index (κ2) is 12.8. The number of hydrogen-bond donors (Lipinski definition) is 1. The molecule has 4 aromatic rings. The van der Waals surface area contributed by atoms with Gasteiger partial charge in [-0.25, -0.2) is 9.50 Å². The van der Waals surface area contributed by atoms with E-state index in [1.807, 2.05) is 42.1 Å². The van der Waals surface area contributed by atoms with Crippen LogP contribution in [-0.4, -0.2) is 71.1 Å². The number of likely N-dealkylation sites (tertiary alicyclic amines) is 1. The minimum atomic E-state index is -0.0489. The van der Waals surface area contributed by atoms with E-state index in [1.165, 1.54) is 6.33 Å². The number of halogens is 3. The molecule has 0 radical (unpaired) electrons. The van der Waals surface area contributed by atoms with Crippen LogP contribution < -0.4 is 15.2 Å². The number of aromatic nitrogens is 3. The molecule has 1 unspecified atom stereocenters. The van der Waals surface area contributed by atoms with E-state index < -0.39 is 0 Å². The first kappa shape index (κ1) is 30.0. The fourth-order valence-electron chi connectivity index (χ4n) is 5.17. The first-order chi connectivity index (χ1) is 20.2. The summed E-state index contributed by atoms with van der Waals surface area (Å²) >= 11 is 19.4. The predicted octanol–water partition coefficient (Wildman–Crippen LogP) is 6.56. The number of carbonyl (C=O) groups excluding carboxylic acids is 1. The molecule has 1 fully saturated rings. The molecule has 2 aromatic heterocycles. The summed E-state index contributed by atoms with van der Waals surface area (Å²) in [6.45, 7) is 1.89. The van der Waals surface area contributed by atoms with Gasteiger partial charge in [-0.05, 0) is 56.8 Å². The molecule has 0 aliphatic carbocycles. The molecule has 1 aliphatic heterocycles. The van der Waals surface area contributed by atoms with Crippen LogP contribution in [0.3, 0.4) is 0 Å². The molecule has 5 rings (SSSR count). The summed E-state index contributed by atoms with van der Waals surface area (Å²) in [4.78, 5) is 21.1. The Morgan fingerprint density at radius 3 is 2.69 bits per heavy atom. The van der Waals surface area contributed by atoms with Crippen molar-refractivity contribution in [2.75, 3.05) is 46.6 Å². The van der Waals surface area contributed by atoms with Crippen LogP contribution in [0.1, 0.15) is 24.5 Å². The number of benzene rings is 2. The quantitative estimate of drug-likeness (QED) is 0.220.